The third-order valence-corrected chi connectivity index (χ3v) is 5.99. The van der Waals surface area contributed by atoms with Crippen molar-refractivity contribution in [1.82, 2.24) is 0 Å². The van der Waals surface area contributed by atoms with Crippen LogP contribution in [0.3, 0.4) is 0 Å². The molecular weight excluding hydrogens is 412 g/mol. The first-order valence-corrected chi connectivity index (χ1v) is 12.8. The first kappa shape index (κ1) is 29.6. The molecule has 0 radical (unpaired) electrons. The lowest BCUT2D eigenvalue weighted by atomic mass is 9.82. The summed E-state index contributed by atoms with van der Waals surface area (Å²) in [6.07, 6.45) is 4.03. The molecule has 0 aliphatic rings. The molecule has 0 saturated heterocycles. The van der Waals surface area contributed by atoms with Crippen molar-refractivity contribution in [3.05, 3.63) is 35.9 Å². The van der Waals surface area contributed by atoms with Crippen LogP contribution in [-0.2, 0) is 25.6 Å². The van der Waals surface area contributed by atoms with E-state index in [2.05, 4.69) is 53.7 Å². The third kappa shape index (κ3) is 13.8. The monoisotopic (exact) mass is 462 g/mol. The molecule has 0 N–H and O–H groups in total. The van der Waals surface area contributed by atoms with Crippen molar-refractivity contribution in [2.45, 2.75) is 106 Å². The van der Waals surface area contributed by atoms with Gasteiger partial charge in [0.05, 0.1) is 12.7 Å². The largest absolute Gasteiger partial charge is 0.460 e. The van der Waals surface area contributed by atoms with E-state index in [9.17, 15) is 4.79 Å². The van der Waals surface area contributed by atoms with Gasteiger partial charge in [-0.25, -0.2) is 0 Å². The molecule has 0 unspecified atom stereocenters. The molecule has 0 amide bonds. The first-order valence-electron chi connectivity index (χ1n) is 12.8. The highest BCUT2D eigenvalue weighted by Gasteiger charge is 2.25. The van der Waals surface area contributed by atoms with E-state index in [4.69, 9.17) is 14.2 Å². The van der Waals surface area contributed by atoms with Crippen LogP contribution in [0.4, 0.5) is 0 Å². The van der Waals surface area contributed by atoms with Crippen LogP contribution in [0, 0.1) is 29.6 Å². The van der Waals surface area contributed by atoms with Crippen LogP contribution in [0.2, 0.25) is 0 Å². The molecule has 33 heavy (non-hydrogen) atoms. The molecule has 190 valence electrons. The topological polar surface area (TPSA) is 44.8 Å². The summed E-state index contributed by atoms with van der Waals surface area (Å²) in [5.41, 5.74) is 0.757. The van der Waals surface area contributed by atoms with Gasteiger partial charge in [-0.1, -0.05) is 71.9 Å². The van der Waals surface area contributed by atoms with Crippen molar-refractivity contribution in [3.63, 3.8) is 0 Å². The number of rotatable bonds is 15. The van der Waals surface area contributed by atoms with Gasteiger partial charge in [0.15, 0.2) is 0 Å². The van der Waals surface area contributed by atoms with Crippen molar-refractivity contribution < 1.29 is 19.0 Å². The number of hydrogen-bond donors (Lipinski definition) is 0. The fraction of sp³-hybridized carbons (Fsp3) is 0.759. The number of esters is 1. The Hall–Kier alpha value is -1.39. The predicted molar refractivity (Wildman–Crippen MR) is 137 cm³/mol. The Kier molecular flexibility index (Phi) is 13.3. The number of benzene rings is 1. The lowest BCUT2D eigenvalue weighted by molar-refractivity contribution is -0.155. The molecule has 1 aromatic rings. The van der Waals surface area contributed by atoms with Crippen molar-refractivity contribution in [2.24, 2.45) is 29.6 Å². The maximum absolute atomic E-state index is 12.1. The van der Waals surface area contributed by atoms with Crippen LogP contribution in [0.25, 0.3) is 0 Å². The van der Waals surface area contributed by atoms with Gasteiger partial charge in [0.1, 0.15) is 12.4 Å². The summed E-state index contributed by atoms with van der Waals surface area (Å²) in [7, 11) is 0. The fourth-order valence-corrected chi connectivity index (χ4v) is 4.96. The molecule has 1 aromatic carbocycles. The van der Waals surface area contributed by atoms with E-state index in [0.29, 0.717) is 49.4 Å². The Morgan fingerprint density at radius 2 is 1.42 bits per heavy atom. The first-order chi connectivity index (χ1) is 15.4. The van der Waals surface area contributed by atoms with Gasteiger partial charge in [0, 0.05) is 6.42 Å². The minimum Gasteiger partial charge on any atom is -0.460 e. The zero-order valence-corrected chi connectivity index (χ0v) is 22.7. The normalized spacial score (nSPS) is 16.8. The van der Waals surface area contributed by atoms with Crippen molar-refractivity contribution in [3.8, 4) is 0 Å². The second kappa shape index (κ2) is 14.8. The second-order valence-electron chi connectivity index (χ2n) is 11.6. The van der Waals surface area contributed by atoms with Crippen LogP contribution >= 0.6 is 0 Å². The summed E-state index contributed by atoms with van der Waals surface area (Å²) in [5.74, 6) is 2.35. The summed E-state index contributed by atoms with van der Waals surface area (Å²) in [5, 5.41) is 0. The molecule has 0 bridgehead atoms. The zero-order valence-electron chi connectivity index (χ0n) is 22.7. The van der Waals surface area contributed by atoms with Crippen LogP contribution < -0.4 is 0 Å². The Balaban J connectivity index is 2.38. The van der Waals surface area contributed by atoms with Gasteiger partial charge in [0.2, 0.25) is 0 Å². The smallest absolute Gasteiger partial charge is 0.306 e. The average molecular weight is 463 g/mol. The molecule has 0 aliphatic carbocycles. The third-order valence-electron chi connectivity index (χ3n) is 5.99. The second-order valence-corrected chi connectivity index (χ2v) is 11.6. The quantitative estimate of drug-likeness (QED) is 0.152. The van der Waals surface area contributed by atoms with E-state index in [0.717, 1.165) is 12.8 Å². The molecule has 0 heterocycles. The lowest BCUT2D eigenvalue weighted by Gasteiger charge is -2.30. The number of hydrogen-bond acceptors (Lipinski definition) is 4. The lowest BCUT2D eigenvalue weighted by Crippen LogP contribution is -2.30. The standard InChI is InChI=1S/C29H50O4/c1-21(2)28(32-20-31-19-26-13-11-10-12-14-26)25(6)17-23(4)15-22(3)16-24(5)18-27(30)33-29(7,8)9/h10-14,21-25,28H,15-20H2,1-9H3/t22-,23+,24-,25+,28-/m1/s1. The molecule has 4 heteroatoms. The average Bonchev–Trinajstić information content (AvgIpc) is 2.66. The number of carbonyl (C=O) groups is 1. The van der Waals surface area contributed by atoms with Gasteiger partial charge in [0.25, 0.3) is 0 Å². The Morgan fingerprint density at radius 3 is 2.00 bits per heavy atom. The highest BCUT2D eigenvalue weighted by Crippen LogP contribution is 2.29. The molecule has 4 nitrogen and oxygen atoms in total. The zero-order chi connectivity index (χ0) is 25.0. The van der Waals surface area contributed by atoms with Crippen LogP contribution in [0.15, 0.2) is 30.3 Å². The summed E-state index contributed by atoms with van der Waals surface area (Å²) >= 11 is 0. The summed E-state index contributed by atoms with van der Waals surface area (Å²) < 4.78 is 17.4. The molecule has 0 saturated carbocycles. The van der Waals surface area contributed by atoms with Crippen molar-refractivity contribution >= 4 is 5.97 Å². The van der Waals surface area contributed by atoms with Crippen LogP contribution in [-0.4, -0.2) is 24.5 Å². The van der Waals surface area contributed by atoms with Crippen molar-refractivity contribution in [2.75, 3.05) is 6.79 Å². The Morgan fingerprint density at radius 1 is 0.848 bits per heavy atom. The maximum atomic E-state index is 12.1. The van der Waals surface area contributed by atoms with Gasteiger partial charge in [-0.3, -0.25) is 4.79 Å². The number of carbonyl (C=O) groups excluding carboxylic acids is 1. The van der Waals surface area contributed by atoms with Gasteiger partial charge >= 0.3 is 5.97 Å². The van der Waals surface area contributed by atoms with Crippen LogP contribution in [0.1, 0.15) is 93.6 Å². The molecule has 0 spiro atoms. The summed E-state index contributed by atoms with van der Waals surface area (Å²) in [4.78, 5) is 12.1. The highest BCUT2D eigenvalue weighted by molar-refractivity contribution is 5.70. The van der Waals surface area contributed by atoms with Gasteiger partial charge < -0.3 is 14.2 Å². The molecular formula is C29H50O4. The van der Waals surface area contributed by atoms with E-state index in [1.807, 2.05) is 39.0 Å². The number of ether oxygens (including phenoxy) is 3. The highest BCUT2D eigenvalue weighted by atomic mass is 16.7. The molecule has 0 fully saturated rings. The minimum atomic E-state index is -0.408. The summed E-state index contributed by atoms with van der Waals surface area (Å²) in [6, 6.07) is 10.2. The van der Waals surface area contributed by atoms with Crippen molar-refractivity contribution in [1.29, 1.82) is 0 Å². The molecule has 5 atom stereocenters. The fourth-order valence-electron chi connectivity index (χ4n) is 4.96. The Labute approximate surface area is 203 Å². The van der Waals surface area contributed by atoms with Crippen LogP contribution in [0.5, 0.6) is 0 Å². The molecule has 1 rings (SSSR count). The minimum absolute atomic E-state index is 0.0877. The predicted octanol–water partition coefficient (Wildman–Crippen LogP) is 7.65. The summed E-state index contributed by atoms with van der Waals surface area (Å²) in [6.45, 7) is 20.2. The van der Waals surface area contributed by atoms with Gasteiger partial charge in [-0.15, -0.1) is 0 Å². The van der Waals surface area contributed by atoms with Gasteiger partial charge in [-0.05, 0) is 75.2 Å². The van der Waals surface area contributed by atoms with E-state index >= 15 is 0 Å². The Bertz CT molecular complexity index is 649. The maximum Gasteiger partial charge on any atom is 0.306 e. The molecule has 0 aliphatic heterocycles. The van der Waals surface area contributed by atoms with E-state index in [1.165, 1.54) is 12.0 Å². The van der Waals surface area contributed by atoms with E-state index in [1.54, 1.807) is 0 Å². The van der Waals surface area contributed by atoms with Gasteiger partial charge in [-0.2, -0.15) is 0 Å². The van der Waals surface area contributed by atoms with E-state index < -0.39 is 5.60 Å². The molecule has 0 aromatic heterocycles. The SMILES string of the molecule is CC(C)[C@@H](OCOCc1ccccc1)[C@@H](C)C[C@@H](C)C[C@@H](C)C[C@@H](C)CC(=O)OC(C)(C)C. The van der Waals surface area contributed by atoms with E-state index in [-0.39, 0.29) is 12.1 Å².